The summed E-state index contributed by atoms with van der Waals surface area (Å²) in [6.45, 7) is 8.05. The highest BCUT2D eigenvalue weighted by Crippen LogP contribution is 2.35. The van der Waals surface area contributed by atoms with Crippen LogP contribution in [0.3, 0.4) is 0 Å². The van der Waals surface area contributed by atoms with Crippen molar-refractivity contribution < 1.29 is 9.53 Å². The lowest BCUT2D eigenvalue weighted by Crippen LogP contribution is -2.32. The summed E-state index contributed by atoms with van der Waals surface area (Å²) in [5, 5.41) is 3.16. The van der Waals surface area contributed by atoms with Gasteiger partial charge >= 0.3 is 5.97 Å². The molecule has 0 spiro atoms. The van der Waals surface area contributed by atoms with Crippen LogP contribution in [0.15, 0.2) is 4.74 Å². The predicted octanol–water partition coefficient (Wildman–Crippen LogP) is 2.81. The van der Waals surface area contributed by atoms with Crippen LogP contribution in [0, 0.1) is 0 Å². The molecule has 0 aliphatic rings. The molecule has 94 valence electrons. The summed E-state index contributed by atoms with van der Waals surface area (Å²) < 4.78 is 9.06. The Bertz CT molecular complexity index is 223. The fourth-order valence-electron chi connectivity index (χ4n) is 0.852. The van der Waals surface area contributed by atoms with Crippen LogP contribution in [-0.2, 0) is 9.53 Å². The SMILES string of the molecule is C.C.CCOC(=O)C(C)NP(C)(C)=NC. The van der Waals surface area contributed by atoms with Crippen LogP contribution >= 0.6 is 7.21 Å². The number of carbonyl (C=O) groups excluding carboxylic acids is 1. The smallest absolute Gasteiger partial charge is 0.323 e. The van der Waals surface area contributed by atoms with E-state index in [1.165, 1.54) is 0 Å². The Morgan fingerprint density at radius 3 is 2.27 bits per heavy atom. The zero-order chi connectivity index (χ0) is 10.5. The first-order chi connectivity index (χ1) is 5.93. The Morgan fingerprint density at radius 1 is 1.47 bits per heavy atom. The van der Waals surface area contributed by atoms with E-state index in [9.17, 15) is 4.79 Å². The lowest BCUT2D eigenvalue weighted by molar-refractivity contribution is -0.144. The average molecular weight is 238 g/mol. The van der Waals surface area contributed by atoms with E-state index in [1.54, 1.807) is 20.9 Å². The summed E-state index contributed by atoms with van der Waals surface area (Å²) in [6.07, 6.45) is 0. The molecule has 5 heteroatoms. The Morgan fingerprint density at radius 2 is 1.93 bits per heavy atom. The standard InChI is InChI=1S/C8H19N2O2P.2CH4/c1-6-12-8(11)7(2)10-13(4,5)9-3;;/h7,10H,6H2,1-5H3;2*1H4. The average Bonchev–Trinajstić information content (AvgIpc) is 2.04. The minimum absolute atomic E-state index is 0. The summed E-state index contributed by atoms with van der Waals surface area (Å²) in [7, 11) is 0.280. The summed E-state index contributed by atoms with van der Waals surface area (Å²) in [4.78, 5) is 11.2. The van der Waals surface area contributed by atoms with E-state index in [-0.39, 0.29) is 26.9 Å². The van der Waals surface area contributed by atoms with Gasteiger partial charge in [0, 0.05) is 14.3 Å². The second kappa shape index (κ2) is 8.93. The van der Waals surface area contributed by atoms with E-state index >= 15 is 0 Å². The van der Waals surface area contributed by atoms with Crippen molar-refractivity contribution >= 4 is 13.2 Å². The molecule has 0 bridgehead atoms. The number of nitrogens with zero attached hydrogens (tertiary/aromatic N) is 1. The fourth-order valence-corrected chi connectivity index (χ4v) is 2.02. The lowest BCUT2D eigenvalue weighted by Gasteiger charge is -2.19. The maximum absolute atomic E-state index is 11.2. The van der Waals surface area contributed by atoms with Gasteiger partial charge in [-0.25, -0.2) is 0 Å². The first-order valence-corrected chi connectivity index (χ1v) is 6.96. The topological polar surface area (TPSA) is 50.7 Å². The molecule has 0 saturated heterocycles. The number of carbonyl (C=O) groups is 1. The molecule has 0 aromatic heterocycles. The van der Waals surface area contributed by atoms with Crippen molar-refractivity contribution in [3.63, 3.8) is 0 Å². The lowest BCUT2D eigenvalue weighted by atomic mass is 10.4. The summed E-state index contributed by atoms with van der Waals surface area (Å²) in [6, 6.07) is -0.271. The van der Waals surface area contributed by atoms with Crippen LogP contribution in [0.1, 0.15) is 28.7 Å². The maximum Gasteiger partial charge on any atom is 0.323 e. The number of nitrogens with one attached hydrogen (secondary N) is 1. The molecule has 0 radical (unpaired) electrons. The van der Waals surface area contributed by atoms with Crippen molar-refractivity contribution in [1.82, 2.24) is 5.09 Å². The van der Waals surface area contributed by atoms with Gasteiger partial charge in [0.05, 0.1) is 6.61 Å². The van der Waals surface area contributed by atoms with Crippen molar-refractivity contribution in [2.75, 3.05) is 27.0 Å². The van der Waals surface area contributed by atoms with E-state index in [4.69, 9.17) is 4.74 Å². The molecule has 0 aromatic carbocycles. The van der Waals surface area contributed by atoms with Gasteiger partial charge in [-0.3, -0.25) is 14.6 Å². The third kappa shape index (κ3) is 8.64. The fraction of sp³-hybridized carbons (Fsp3) is 0.900. The monoisotopic (exact) mass is 238 g/mol. The predicted molar refractivity (Wildman–Crippen MR) is 69.8 cm³/mol. The zero-order valence-corrected chi connectivity index (χ0v) is 9.89. The second-order valence-corrected chi connectivity index (χ2v) is 6.64. The number of rotatable bonds is 4. The Labute approximate surface area is 94.9 Å². The second-order valence-electron chi connectivity index (χ2n) is 3.20. The van der Waals surface area contributed by atoms with Crippen LogP contribution < -0.4 is 5.09 Å². The molecule has 1 unspecified atom stereocenters. The van der Waals surface area contributed by atoms with Crippen LogP contribution in [0.5, 0.6) is 0 Å². The Kier molecular flexibility index (Phi) is 12.0. The van der Waals surface area contributed by atoms with Crippen LogP contribution in [0.4, 0.5) is 0 Å². The minimum Gasteiger partial charge on any atom is -0.465 e. The Balaban J connectivity index is -0.000000720. The van der Waals surface area contributed by atoms with Gasteiger partial charge in [0.25, 0.3) is 0 Å². The number of esters is 1. The number of hydrogen-bond donors (Lipinski definition) is 1. The summed E-state index contributed by atoms with van der Waals surface area (Å²) in [5.74, 6) is -0.209. The molecule has 0 aliphatic heterocycles. The van der Waals surface area contributed by atoms with Gasteiger partial charge in [0.1, 0.15) is 6.04 Å². The highest BCUT2D eigenvalue weighted by Gasteiger charge is 2.17. The molecule has 0 fully saturated rings. The molecule has 0 amide bonds. The van der Waals surface area contributed by atoms with Gasteiger partial charge in [-0.05, 0) is 27.2 Å². The highest BCUT2D eigenvalue weighted by molar-refractivity contribution is 7.62. The van der Waals surface area contributed by atoms with Crippen molar-refractivity contribution in [2.45, 2.75) is 34.7 Å². The number of ether oxygens (including phenoxy) is 1. The molecule has 4 nitrogen and oxygen atoms in total. The normalized spacial score (nSPS) is 11.8. The van der Waals surface area contributed by atoms with Crippen molar-refractivity contribution in [3.05, 3.63) is 0 Å². The molecule has 0 heterocycles. The van der Waals surface area contributed by atoms with E-state index in [0.717, 1.165) is 0 Å². The van der Waals surface area contributed by atoms with Gasteiger partial charge in [-0.2, -0.15) is 0 Å². The van der Waals surface area contributed by atoms with Crippen molar-refractivity contribution in [1.29, 1.82) is 0 Å². The van der Waals surface area contributed by atoms with Gasteiger partial charge in [-0.1, -0.05) is 14.9 Å². The van der Waals surface area contributed by atoms with Crippen LogP contribution in [0.25, 0.3) is 0 Å². The molecule has 0 rings (SSSR count). The third-order valence-corrected chi connectivity index (χ3v) is 3.67. The first-order valence-electron chi connectivity index (χ1n) is 4.32. The van der Waals surface area contributed by atoms with Gasteiger partial charge in [-0.15, -0.1) is 0 Å². The molecular weight excluding hydrogens is 211 g/mol. The first kappa shape index (κ1) is 20.1. The van der Waals surface area contributed by atoms with Crippen LogP contribution in [-0.4, -0.2) is 39.0 Å². The molecule has 0 aliphatic carbocycles. The van der Waals surface area contributed by atoms with Crippen molar-refractivity contribution in [3.8, 4) is 0 Å². The Hall–Kier alpha value is -0.340. The third-order valence-electron chi connectivity index (χ3n) is 1.65. The molecule has 15 heavy (non-hydrogen) atoms. The summed E-state index contributed by atoms with van der Waals surface area (Å²) in [5.41, 5.74) is 0. The van der Waals surface area contributed by atoms with Gasteiger partial charge in [0.2, 0.25) is 0 Å². The minimum atomic E-state index is -1.48. The van der Waals surface area contributed by atoms with E-state index in [1.807, 2.05) is 13.3 Å². The largest absolute Gasteiger partial charge is 0.465 e. The molecular formula is C10H27N2O2P. The number of hydrogen-bond acceptors (Lipinski definition) is 3. The molecule has 0 saturated carbocycles. The molecule has 0 aromatic rings. The van der Waals surface area contributed by atoms with Gasteiger partial charge < -0.3 is 4.74 Å². The molecule has 1 N–H and O–H groups in total. The van der Waals surface area contributed by atoms with Gasteiger partial charge in [0.15, 0.2) is 0 Å². The van der Waals surface area contributed by atoms with Crippen molar-refractivity contribution in [2.24, 2.45) is 4.74 Å². The quantitative estimate of drug-likeness (QED) is 0.605. The highest BCUT2D eigenvalue weighted by atomic mass is 31.2. The van der Waals surface area contributed by atoms with E-state index < -0.39 is 7.21 Å². The van der Waals surface area contributed by atoms with Crippen LogP contribution in [0.2, 0.25) is 0 Å². The summed E-state index contributed by atoms with van der Waals surface area (Å²) >= 11 is 0. The molecule has 1 atom stereocenters. The van der Waals surface area contributed by atoms with E-state index in [0.29, 0.717) is 6.61 Å². The zero-order valence-electron chi connectivity index (χ0n) is 9.00. The maximum atomic E-state index is 11.2. The van der Waals surface area contributed by atoms with E-state index in [2.05, 4.69) is 9.83 Å².